The number of carbonyl (C=O) groups excluding carboxylic acids is 2. The van der Waals surface area contributed by atoms with Crippen molar-refractivity contribution in [1.82, 2.24) is 15.1 Å². The highest BCUT2D eigenvalue weighted by Gasteiger charge is 2.43. The van der Waals surface area contributed by atoms with Gasteiger partial charge >= 0.3 is 6.18 Å². The maximum atomic E-state index is 13.2. The number of rotatable bonds is 9. The summed E-state index contributed by atoms with van der Waals surface area (Å²) in [5.41, 5.74) is 0.302. The van der Waals surface area contributed by atoms with Crippen molar-refractivity contribution in [2.45, 2.75) is 25.2 Å². The van der Waals surface area contributed by atoms with Crippen LogP contribution in [-0.2, 0) is 16.1 Å². The summed E-state index contributed by atoms with van der Waals surface area (Å²) in [5.74, 6) is -1.04. The van der Waals surface area contributed by atoms with Gasteiger partial charge in [-0.25, -0.2) is 0 Å². The van der Waals surface area contributed by atoms with Crippen molar-refractivity contribution in [3.05, 3.63) is 66.9 Å². The predicted octanol–water partition coefficient (Wildman–Crippen LogP) is 3.30. The molecule has 31 heavy (non-hydrogen) atoms. The number of benzene rings is 1. The maximum Gasteiger partial charge on any atom is 0.415 e. The number of alkyl halides is 3. The Labute approximate surface area is 175 Å². The topological polar surface area (TPSA) is 98.4 Å². The standard InChI is InChI=1S/C20H19F3N4O4/c21-20(22,23)19(16-7-4-9-31-16)26-18(29)13-27-12-14(11-24-27)25-17(28)8-10-30-15-5-2-1-3-6-15/h1-7,9,11-12,19H,8,10,13H2,(H,25,28)(H,26,29). The summed E-state index contributed by atoms with van der Waals surface area (Å²) < 4.78 is 50.9. The fourth-order valence-electron chi connectivity index (χ4n) is 2.64. The first kappa shape index (κ1) is 21.9. The molecule has 0 aliphatic heterocycles. The van der Waals surface area contributed by atoms with E-state index in [-0.39, 0.29) is 18.9 Å². The summed E-state index contributed by atoms with van der Waals surface area (Å²) in [4.78, 5) is 24.0. The van der Waals surface area contributed by atoms with E-state index in [2.05, 4.69) is 10.4 Å². The SMILES string of the molecule is O=C(CCOc1ccccc1)Nc1cnn(CC(=O)NC(c2ccco2)C(F)(F)F)c1. The van der Waals surface area contributed by atoms with Crippen molar-refractivity contribution in [2.24, 2.45) is 0 Å². The van der Waals surface area contributed by atoms with Crippen molar-refractivity contribution in [3.63, 3.8) is 0 Å². The minimum absolute atomic E-state index is 0.0803. The van der Waals surface area contributed by atoms with Crippen LogP contribution in [0.5, 0.6) is 5.75 Å². The molecule has 11 heteroatoms. The molecule has 1 unspecified atom stereocenters. The summed E-state index contributed by atoms with van der Waals surface area (Å²) >= 11 is 0. The molecule has 0 saturated carbocycles. The van der Waals surface area contributed by atoms with E-state index in [0.717, 1.165) is 17.0 Å². The number of hydrogen-bond acceptors (Lipinski definition) is 5. The number of carbonyl (C=O) groups is 2. The third kappa shape index (κ3) is 6.63. The van der Waals surface area contributed by atoms with Gasteiger partial charge in [0.25, 0.3) is 0 Å². The Bertz CT molecular complexity index is 988. The fraction of sp³-hybridized carbons (Fsp3) is 0.250. The average molecular weight is 436 g/mol. The van der Waals surface area contributed by atoms with E-state index < -0.39 is 30.4 Å². The summed E-state index contributed by atoms with van der Waals surface area (Å²) in [6.07, 6.45) is -0.925. The number of nitrogens with one attached hydrogen (secondary N) is 2. The van der Waals surface area contributed by atoms with E-state index in [1.807, 2.05) is 23.5 Å². The summed E-state index contributed by atoms with van der Waals surface area (Å²) in [6.45, 7) is -0.307. The summed E-state index contributed by atoms with van der Waals surface area (Å²) in [5, 5.41) is 8.33. The highest BCUT2D eigenvalue weighted by atomic mass is 19.4. The zero-order chi connectivity index (χ0) is 22.3. The van der Waals surface area contributed by atoms with Gasteiger partial charge in [0.05, 0.1) is 31.2 Å². The van der Waals surface area contributed by atoms with Gasteiger partial charge < -0.3 is 19.8 Å². The lowest BCUT2D eigenvalue weighted by molar-refractivity contribution is -0.167. The molecule has 8 nitrogen and oxygen atoms in total. The third-order valence-electron chi connectivity index (χ3n) is 4.02. The van der Waals surface area contributed by atoms with E-state index in [9.17, 15) is 22.8 Å². The van der Waals surface area contributed by atoms with Gasteiger partial charge in [0.2, 0.25) is 11.8 Å². The lowest BCUT2D eigenvalue weighted by Crippen LogP contribution is -2.39. The van der Waals surface area contributed by atoms with Crippen LogP contribution in [0, 0.1) is 0 Å². The van der Waals surface area contributed by atoms with Crippen LogP contribution in [0.15, 0.2) is 65.5 Å². The Morgan fingerprint density at radius 2 is 1.90 bits per heavy atom. The highest BCUT2D eigenvalue weighted by molar-refractivity contribution is 5.90. The predicted molar refractivity (Wildman–Crippen MR) is 103 cm³/mol. The molecule has 0 spiro atoms. The van der Waals surface area contributed by atoms with Gasteiger partial charge in [0, 0.05) is 6.20 Å². The van der Waals surface area contributed by atoms with E-state index in [1.54, 1.807) is 12.1 Å². The van der Waals surface area contributed by atoms with Gasteiger partial charge in [-0.15, -0.1) is 0 Å². The number of nitrogens with zero attached hydrogens (tertiary/aromatic N) is 2. The quantitative estimate of drug-likeness (QED) is 0.536. The van der Waals surface area contributed by atoms with Crippen molar-refractivity contribution < 1.29 is 31.9 Å². The maximum absolute atomic E-state index is 13.2. The number of anilines is 1. The monoisotopic (exact) mass is 436 g/mol. The molecule has 0 radical (unpaired) electrons. The summed E-state index contributed by atoms with van der Waals surface area (Å²) in [6, 6.07) is 9.16. The Kier molecular flexibility index (Phi) is 6.96. The molecule has 2 amide bonds. The van der Waals surface area contributed by atoms with Crippen LogP contribution in [0.1, 0.15) is 18.2 Å². The second-order valence-corrected chi connectivity index (χ2v) is 6.44. The molecule has 0 saturated heterocycles. The molecule has 2 N–H and O–H groups in total. The molecule has 1 aromatic carbocycles. The number of hydrogen-bond donors (Lipinski definition) is 2. The molecular formula is C20H19F3N4O4. The van der Waals surface area contributed by atoms with E-state index in [0.29, 0.717) is 11.4 Å². The van der Waals surface area contributed by atoms with Crippen LogP contribution >= 0.6 is 0 Å². The minimum atomic E-state index is -4.72. The number of furan rings is 1. The third-order valence-corrected chi connectivity index (χ3v) is 4.02. The molecule has 3 rings (SSSR count). The van der Waals surface area contributed by atoms with Gasteiger partial charge in [-0.3, -0.25) is 14.3 Å². The van der Waals surface area contributed by atoms with Crippen LogP contribution in [0.3, 0.4) is 0 Å². The van der Waals surface area contributed by atoms with E-state index in [4.69, 9.17) is 9.15 Å². The second kappa shape index (κ2) is 9.83. The first-order valence-electron chi connectivity index (χ1n) is 9.21. The first-order valence-corrected chi connectivity index (χ1v) is 9.21. The number of halogens is 3. The lowest BCUT2D eigenvalue weighted by atomic mass is 10.2. The Morgan fingerprint density at radius 1 is 1.13 bits per heavy atom. The molecule has 2 aromatic heterocycles. The molecule has 0 fully saturated rings. The minimum Gasteiger partial charge on any atom is -0.493 e. The normalized spacial score (nSPS) is 12.2. The zero-order valence-corrected chi connectivity index (χ0v) is 16.1. The van der Waals surface area contributed by atoms with Gasteiger partial charge in [-0.05, 0) is 24.3 Å². The van der Waals surface area contributed by atoms with Gasteiger partial charge in [-0.1, -0.05) is 18.2 Å². The Balaban J connectivity index is 1.47. The Hall–Kier alpha value is -3.76. The fourth-order valence-corrected chi connectivity index (χ4v) is 2.64. The smallest absolute Gasteiger partial charge is 0.415 e. The Morgan fingerprint density at radius 3 is 2.58 bits per heavy atom. The number of ether oxygens (including phenoxy) is 1. The van der Waals surface area contributed by atoms with Gasteiger partial charge in [-0.2, -0.15) is 18.3 Å². The molecule has 164 valence electrons. The average Bonchev–Trinajstić information content (AvgIpc) is 3.38. The molecule has 3 aromatic rings. The van der Waals surface area contributed by atoms with Crippen LogP contribution in [0.4, 0.5) is 18.9 Å². The molecule has 0 aliphatic carbocycles. The van der Waals surface area contributed by atoms with Crippen molar-refractivity contribution >= 4 is 17.5 Å². The van der Waals surface area contributed by atoms with Crippen molar-refractivity contribution in [1.29, 1.82) is 0 Å². The van der Waals surface area contributed by atoms with Crippen LogP contribution in [-0.4, -0.2) is 34.4 Å². The molecule has 2 heterocycles. The molecule has 1 atom stereocenters. The largest absolute Gasteiger partial charge is 0.493 e. The lowest BCUT2D eigenvalue weighted by Gasteiger charge is -2.19. The molecular weight excluding hydrogens is 417 g/mol. The van der Waals surface area contributed by atoms with Crippen molar-refractivity contribution in [3.8, 4) is 5.75 Å². The summed E-state index contributed by atoms with van der Waals surface area (Å²) in [7, 11) is 0. The van der Waals surface area contributed by atoms with Crippen LogP contribution in [0.25, 0.3) is 0 Å². The highest BCUT2D eigenvalue weighted by Crippen LogP contribution is 2.32. The first-order chi connectivity index (χ1) is 14.8. The number of para-hydroxylation sites is 1. The second-order valence-electron chi connectivity index (χ2n) is 6.44. The zero-order valence-electron chi connectivity index (χ0n) is 16.1. The molecule has 0 aliphatic rings. The molecule has 0 bridgehead atoms. The van der Waals surface area contributed by atoms with Gasteiger partial charge in [0.1, 0.15) is 18.1 Å². The van der Waals surface area contributed by atoms with Crippen LogP contribution < -0.4 is 15.4 Å². The number of aromatic nitrogens is 2. The van der Waals surface area contributed by atoms with E-state index >= 15 is 0 Å². The van der Waals surface area contributed by atoms with E-state index in [1.165, 1.54) is 18.5 Å². The number of amides is 2. The van der Waals surface area contributed by atoms with Gasteiger partial charge in [0.15, 0.2) is 6.04 Å². The van der Waals surface area contributed by atoms with Crippen LogP contribution in [0.2, 0.25) is 0 Å². The van der Waals surface area contributed by atoms with Crippen molar-refractivity contribution in [2.75, 3.05) is 11.9 Å².